The van der Waals surface area contributed by atoms with E-state index in [-0.39, 0.29) is 5.91 Å². The van der Waals surface area contributed by atoms with Crippen LogP contribution in [0.4, 0.5) is 0 Å². The number of nitrogens with zero attached hydrogens (tertiary/aromatic N) is 2. The van der Waals surface area contributed by atoms with E-state index < -0.39 is 0 Å². The first-order valence-corrected chi connectivity index (χ1v) is 13.1. The highest BCUT2D eigenvalue weighted by Gasteiger charge is 2.21. The molecule has 0 aliphatic heterocycles. The van der Waals surface area contributed by atoms with E-state index in [1.54, 1.807) is 11.3 Å². The van der Waals surface area contributed by atoms with Gasteiger partial charge in [-0.15, -0.1) is 11.3 Å². The first kappa shape index (κ1) is 23.8. The number of rotatable bonds is 8. The highest BCUT2D eigenvalue weighted by Crippen LogP contribution is 2.34. The number of aromatic nitrogens is 2. The molecular formula is C27H32ClN3OS. The summed E-state index contributed by atoms with van der Waals surface area (Å²) in [5.41, 5.74) is 5.99. The molecule has 0 unspecified atom stereocenters. The van der Waals surface area contributed by atoms with Crippen molar-refractivity contribution in [3.63, 3.8) is 0 Å². The molecule has 0 saturated heterocycles. The van der Waals surface area contributed by atoms with Gasteiger partial charge in [0, 0.05) is 29.7 Å². The lowest BCUT2D eigenvalue weighted by atomic mass is 9.97. The van der Waals surface area contributed by atoms with Crippen molar-refractivity contribution in [2.45, 2.75) is 59.4 Å². The average Bonchev–Trinajstić information content (AvgIpc) is 3.40. The van der Waals surface area contributed by atoms with Crippen LogP contribution in [-0.2, 0) is 6.54 Å². The summed E-state index contributed by atoms with van der Waals surface area (Å²) in [7, 11) is 0. The molecule has 2 aromatic heterocycles. The van der Waals surface area contributed by atoms with E-state index in [0.717, 1.165) is 46.2 Å². The van der Waals surface area contributed by atoms with Crippen LogP contribution in [-0.4, -0.2) is 22.0 Å². The Hall–Kier alpha value is -2.37. The second-order valence-electron chi connectivity index (χ2n) is 9.16. The molecule has 0 atom stereocenters. The van der Waals surface area contributed by atoms with Gasteiger partial charge in [0.25, 0.3) is 5.91 Å². The summed E-state index contributed by atoms with van der Waals surface area (Å²) in [6.45, 7) is 7.93. The molecule has 1 aliphatic rings. The number of amides is 1. The molecule has 3 aromatic rings. The molecule has 1 amide bonds. The first-order valence-electron chi connectivity index (χ1n) is 11.8. The number of hydrogen-bond acceptors (Lipinski definition) is 3. The van der Waals surface area contributed by atoms with Crippen molar-refractivity contribution in [3.8, 4) is 22.0 Å². The summed E-state index contributed by atoms with van der Waals surface area (Å²) >= 11 is 7.97. The molecule has 6 heteroatoms. The lowest BCUT2D eigenvalue weighted by Gasteiger charge is -2.14. The van der Waals surface area contributed by atoms with Crippen molar-refractivity contribution in [1.29, 1.82) is 0 Å². The lowest BCUT2D eigenvalue weighted by Crippen LogP contribution is -2.25. The first-order chi connectivity index (χ1) is 15.9. The van der Waals surface area contributed by atoms with Crippen molar-refractivity contribution in [2.24, 2.45) is 5.92 Å². The van der Waals surface area contributed by atoms with Crippen molar-refractivity contribution < 1.29 is 4.79 Å². The molecule has 0 spiro atoms. The number of carbonyl (C=O) groups excluding carboxylic acids is 1. The van der Waals surface area contributed by atoms with E-state index in [1.165, 1.54) is 31.3 Å². The largest absolute Gasteiger partial charge is 0.352 e. The Morgan fingerprint density at radius 2 is 2.09 bits per heavy atom. The van der Waals surface area contributed by atoms with Gasteiger partial charge in [0.05, 0.1) is 22.0 Å². The van der Waals surface area contributed by atoms with Crippen LogP contribution < -0.4 is 5.32 Å². The summed E-state index contributed by atoms with van der Waals surface area (Å²) in [6, 6.07) is 9.77. The minimum atomic E-state index is -0.00535. The maximum Gasteiger partial charge on any atom is 0.253 e. The van der Waals surface area contributed by atoms with Gasteiger partial charge in [0.1, 0.15) is 5.01 Å². The second kappa shape index (κ2) is 10.7. The topological polar surface area (TPSA) is 46.9 Å². The number of allylic oxidation sites excluding steroid dienone is 1. The Bertz CT molecular complexity index is 1160. The average molecular weight is 482 g/mol. The van der Waals surface area contributed by atoms with Crippen molar-refractivity contribution >= 4 is 28.8 Å². The van der Waals surface area contributed by atoms with Crippen LogP contribution in [0, 0.1) is 12.8 Å². The standard InChI is InChI=1S/C27H32ClN3OS/c1-18(2)16-31-19(3)22(26(32)29-14-13-20-9-5-4-6-10-20)15-25(31)24-17-33-27(30-24)21-11-7-8-12-23(21)28/h7-9,11-12,15,17-18H,4-6,10,13-14,16H2,1-3H3,(H,29,32). The fraction of sp³-hybridized carbons (Fsp3) is 0.407. The Morgan fingerprint density at radius 3 is 2.82 bits per heavy atom. The van der Waals surface area contributed by atoms with Gasteiger partial charge in [-0.25, -0.2) is 4.98 Å². The second-order valence-corrected chi connectivity index (χ2v) is 10.4. The number of nitrogens with one attached hydrogen (secondary N) is 1. The van der Waals surface area contributed by atoms with Crippen LogP contribution in [0.1, 0.15) is 62.0 Å². The van der Waals surface area contributed by atoms with Gasteiger partial charge in [-0.3, -0.25) is 4.79 Å². The minimum absolute atomic E-state index is 0.00535. The number of carbonyl (C=O) groups is 1. The van der Waals surface area contributed by atoms with Gasteiger partial charge in [-0.1, -0.05) is 55.3 Å². The van der Waals surface area contributed by atoms with Crippen LogP contribution in [0.5, 0.6) is 0 Å². The van der Waals surface area contributed by atoms with Gasteiger partial charge in [-0.2, -0.15) is 0 Å². The number of thiazole rings is 1. The van der Waals surface area contributed by atoms with Crippen LogP contribution in [0.25, 0.3) is 22.0 Å². The number of hydrogen-bond donors (Lipinski definition) is 1. The normalized spacial score (nSPS) is 13.9. The van der Waals surface area contributed by atoms with Crippen LogP contribution in [0.2, 0.25) is 5.02 Å². The van der Waals surface area contributed by atoms with Crippen LogP contribution >= 0.6 is 22.9 Å². The van der Waals surface area contributed by atoms with Gasteiger partial charge >= 0.3 is 0 Å². The summed E-state index contributed by atoms with van der Waals surface area (Å²) < 4.78 is 2.23. The molecule has 2 heterocycles. The molecule has 33 heavy (non-hydrogen) atoms. The molecule has 1 N–H and O–H groups in total. The van der Waals surface area contributed by atoms with E-state index in [4.69, 9.17) is 16.6 Å². The molecule has 0 radical (unpaired) electrons. The summed E-state index contributed by atoms with van der Waals surface area (Å²) in [6.07, 6.45) is 8.18. The maximum absolute atomic E-state index is 13.1. The minimum Gasteiger partial charge on any atom is -0.352 e. The molecular weight excluding hydrogens is 450 g/mol. The lowest BCUT2D eigenvalue weighted by molar-refractivity contribution is 0.0953. The van der Waals surface area contributed by atoms with E-state index in [9.17, 15) is 4.79 Å². The Balaban J connectivity index is 1.58. The summed E-state index contributed by atoms with van der Waals surface area (Å²) in [4.78, 5) is 18.0. The monoisotopic (exact) mass is 481 g/mol. The quantitative estimate of drug-likeness (QED) is 0.338. The van der Waals surface area contributed by atoms with E-state index in [2.05, 4.69) is 35.2 Å². The summed E-state index contributed by atoms with van der Waals surface area (Å²) in [5.74, 6) is 0.444. The van der Waals surface area contributed by atoms with Crippen LogP contribution in [0.15, 0.2) is 47.4 Å². The molecule has 1 aliphatic carbocycles. The third-order valence-electron chi connectivity index (χ3n) is 6.15. The molecule has 4 nitrogen and oxygen atoms in total. The summed E-state index contributed by atoms with van der Waals surface area (Å²) in [5, 5.41) is 6.78. The third-order valence-corrected chi connectivity index (χ3v) is 7.35. The van der Waals surface area contributed by atoms with Crippen molar-refractivity contribution in [2.75, 3.05) is 6.54 Å². The number of halogens is 1. The molecule has 0 saturated carbocycles. The molecule has 1 aromatic carbocycles. The van der Waals surface area contributed by atoms with Gasteiger partial charge in [0.15, 0.2) is 0 Å². The Morgan fingerprint density at radius 1 is 1.27 bits per heavy atom. The zero-order valence-corrected chi connectivity index (χ0v) is 21.2. The number of benzene rings is 1. The highest BCUT2D eigenvalue weighted by atomic mass is 35.5. The molecule has 0 fully saturated rings. The highest BCUT2D eigenvalue weighted by molar-refractivity contribution is 7.13. The Labute approximate surface area is 205 Å². The van der Waals surface area contributed by atoms with Crippen LogP contribution in [0.3, 0.4) is 0 Å². The smallest absolute Gasteiger partial charge is 0.253 e. The van der Waals surface area contributed by atoms with Crippen molar-refractivity contribution in [3.05, 3.63) is 63.6 Å². The van der Waals surface area contributed by atoms with Gasteiger partial charge in [0.2, 0.25) is 0 Å². The van der Waals surface area contributed by atoms with Gasteiger partial charge < -0.3 is 9.88 Å². The van der Waals surface area contributed by atoms with E-state index in [0.29, 0.717) is 17.5 Å². The predicted molar refractivity (Wildman–Crippen MR) is 139 cm³/mol. The Kier molecular flexibility index (Phi) is 7.71. The maximum atomic E-state index is 13.1. The zero-order valence-electron chi connectivity index (χ0n) is 19.7. The van der Waals surface area contributed by atoms with E-state index >= 15 is 0 Å². The fourth-order valence-electron chi connectivity index (χ4n) is 4.40. The predicted octanol–water partition coefficient (Wildman–Crippen LogP) is 7.52. The SMILES string of the molecule is Cc1c(C(=O)NCCC2=CCCCC2)cc(-c2csc(-c3ccccc3Cl)n2)n1CC(C)C. The molecule has 4 rings (SSSR count). The van der Waals surface area contributed by atoms with Crippen molar-refractivity contribution in [1.82, 2.24) is 14.9 Å². The molecule has 0 bridgehead atoms. The third kappa shape index (κ3) is 5.59. The van der Waals surface area contributed by atoms with Gasteiger partial charge in [-0.05, 0) is 57.1 Å². The molecule has 174 valence electrons. The fourth-order valence-corrected chi connectivity index (χ4v) is 5.53. The zero-order chi connectivity index (χ0) is 23.4. The van der Waals surface area contributed by atoms with E-state index in [1.807, 2.05) is 37.3 Å².